The lowest BCUT2D eigenvalue weighted by molar-refractivity contribution is 0.114. The molecule has 118 valence electrons. The van der Waals surface area contributed by atoms with Crippen LogP contribution in [0, 0.1) is 0 Å². The number of urea groups is 1. The highest BCUT2D eigenvalue weighted by Gasteiger charge is 2.22. The summed E-state index contributed by atoms with van der Waals surface area (Å²) >= 11 is 1.92. The van der Waals surface area contributed by atoms with E-state index in [2.05, 4.69) is 48.4 Å². The van der Waals surface area contributed by atoms with E-state index in [4.69, 9.17) is 0 Å². The van der Waals surface area contributed by atoms with E-state index in [1.807, 2.05) is 11.8 Å². The predicted octanol–water partition coefficient (Wildman–Crippen LogP) is 1.06. The van der Waals surface area contributed by atoms with Gasteiger partial charge in [-0.1, -0.05) is 6.92 Å². The molecule has 2 N–H and O–H groups in total. The smallest absolute Gasteiger partial charge is 0.315 e. The Labute approximate surface area is 127 Å². The van der Waals surface area contributed by atoms with E-state index in [0.29, 0.717) is 12.6 Å². The Balaban J connectivity index is 2.18. The topological polar surface area (TPSA) is 47.6 Å². The predicted molar refractivity (Wildman–Crippen MR) is 87.5 cm³/mol. The molecular formula is C14H30N4OS. The van der Waals surface area contributed by atoms with Crippen LogP contribution in [-0.2, 0) is 0 Å². The van der Waals surface area contributed by atoms with Crippen molar-refractivity contribution >= 4 is 17.8 Å². The van der Waals surface area contributed by atoms with Crippen LogP contribution in [0.4, 0.5) is 4.79 Å². The molecule has 0 radical (unpaired) electrons. The van der Waals surface area contributed by atoms with Crippen LogP contribution in [0.1, 0.15) is 20.3 Å². The van der Waals surface area contributed by atoms with Gasteiger partial charge in [-0.15, -0.1) is 0 Å². The minimum absolute atomic E-state index is 0.0411. The third kappa shape index (κ3) is 6.81. The van der Waals surface area contributed by atoms with Gasteiger partial charge in [0.25, 0.3) is 0 Å². The van der Waals surface area contributed by atoms with Crippen LogP contribution in [0.25, 0.3) is 0 Å². The molecule has 0 aromatic heterocycles. The molecule has 0 saturated carbocycles. The molecule has 2 unspecified atom stereocenters. The van der Waals surface area contributed by atoms with Gasteiger partial charge in [-0.05, 0) is 38.9 Å². The number of hydrogen-bond donors (Lipinski definition) is 2. The van der Waals surface area contributed by atoms with Crippen molar-refractivity contribution < 1.29 is 4.79 Å². The van der Waals surface area contributed by atoms with Gasteiger partial charge in [0.15, 0.2) is 0 Å². The Bertz CT molecular complexity index is 290. The molecule has 1 fully saturated rings. The van der Waals surface area contributed by atoms with Crippen molar-refractivity contribution in [3.8, 4) is 0 Å². The Hall–Kier alpha value is -0.460. The van der Waals surface area contributed by atoms with Crippen molar-refractivity contribution in [1.29, 1.82) is 0 Å². The Morgan fingerprint density at radius 2 is 2.15 bits per heavy atom. The van der Waals surface area contributed by atoms with Gasteiger partial charge in [0.2, 0.25) is 0 Å². The zero-order valence-electron chi connectivity index (χ0n) is 13.3. The second-order valence-corrected chi connectivity index (χ2v) is 7.03. The lowest BCUT2D eigenvalue weighted by atomic mass is 10.2. The van der Waals surface area contributed by atoms with Gasteiger partial charge < -0.3 is 15.5 Å². The highest BCUT2D eigenvalue weighted by molar-refractivity contribution is 7.99. The standard InChI is InChI=1S/C14H30N4OS/c1-5-20-9-6-12(2)16-14(19)15-10-13-11-17(3)7-8-18(13)4/h12-13H,5-11H2,1-4H3,(H2,15,16,19). The molecule has 0 aliphatic carbocycles. The molecule has 0 spiro atoms. The lowest BCUT2D eigenvalue weighted by Gasteiger charge is -2.37. The monoisotopic (exact) mass is 302 g/mol. The number of nitrogens with zero attached hydrogens (tertiary/aromatic N) is 2. The van der Waals surface area contributed by atoms with Gasteiger partial charge in [0.05, 0.1) is 0 Å². The van der Waals surface area contributed by atoms with E-state index in [0.717, 1.165) is 37.6 Å². The minimum atomic E-state index is -0.0411. The maximum atomic E-state index is 11.9. The van der Waals surface area contributed by atoms with Crippen LogP contribution in [-0.4, -0.2) is 79.7 Å². The maximum Gasteiger partial charge on any atom is 0.315 e. The molecule has 2 atom stereocenters. The normalized spacial score (nSPS) is 22.5. The summed E-state index contributed by atoms with van der Waals surface area (Å²) in [6.45, 7) is 8.12. The fraction of sp³-hybridized carbons (Fsp3) is 0.929. The summed E-state index contributed by atoms with van der Waals surface area (Å²) in [5.74, 6) is 2.24. The first-order chi connectivity index (χ1) is 9.52. The van der Waals surface area contributed by atoms with Gasteiger partial charge in [0.1, 0.15) is 0 Å². The van der Waals surface area contributed by atoms with Crippen molar-refractivity contribution in [2.24, 2.45) is 0 Å². The summed E-state index contributed by atoms with van der Waals surface area (Å²) in [6, 6.07) is 0.604. The highest BCUT2D eigenvalue weighted by atomic mass is 32.2. The highest BCUT2D eigenvalue weighted by Crippen LogP contribution is 2.05. The number of nitrogens with one attached hydrogen (secondary N) is 2. The molecule has 20 heavy (non-hydrogen) atoms. The Morgan fingerprint density at radius 3 is 2.85 bits per heavy atom. The van der Waals surface area contributed by atoms with E-state index in [9.17, 15) is 4.79 Å². The molecule has 0 bridgehead atoms. The van der Waals surface area contributed by atoms with Gasteiger partial charge in [-0.3, -0.25) is 4.90 Å². The van der Waals surface area contributed by atoms with Crippen molar-refractivity contribution in [2.45, 2.75) is 32.4 Å². The number of carbonyl (C=O) groups is 1. The third-order valence-electron chi connectivity index (χ3n) is 3.76. The van der Waals surface area contributed by atoms with E-state index in [1.165, 1.54) is 0 Å². The Morgan fingerprint density at radius 1 is 1.40 bits per heavy atom. The van der Waals surface area contributed by atoms with E-state index < -0.39 is 0 Å². The van der Waals surface area contributed by atoms with Crippen LogP contribution in [0.2, 0.25) is 0 Å². The van der Waals surface area contributed by atoms with Gasteiger partial charge >= 0.3 is 6.03 Å². The fourth-order valence-corrected chi connectivity index (χ4v) is 3.09. The zero-order chi connectivity index (χ0) is 15.0. The number of rotatable bonds is 7. The molecular weight excluding hydrogens is 272 g/mol. The number of carbonyl (C=O) groups excluding carboxylic acids is 1. The number of likely N-dealkylation sites (N-methyl/N-ethyl adjacent to an activating group) is 2. The molecule has 2 amide bonds. The van der Waals surface area contributed by atoms with E-state index in [-0.39, 0.29) is 12.1 Å². The summed E-state index contributed by atoms with van der Waals surface area (Å²) < 4.78 is 0. The van der Waals surface area contributed by atoms with Crippen molar-refractivity contribution in [3.05, 3.63) is 0 Å². The first-order valence-corrected chi connectivity index (χ1v) is 8.69. The van der Waals surface area contributed by atoms with Gasteiger partial charge in [-0.2, -0.15) is 11.8 Å². The largest absolute Gasteiger partial charge is 0.337 e. The summed E-state index contributed by atoms with van der Waals surface area (Å²) in [4.78, 5) is 16.5. The Kier molecular flexibility index (Phi) is 8.33. The van der Waals surface area contributed by atoms with Crippen molar-refractivity contribution in [1.82, 2.24) is 20.4 Å². The number of hydrogen-bond acceptors (Lipinski definition) is 4. The van der Waals surface area contributed by atoms with Crippen LogP contribution in [0.3, 0.4) is 0 Å². The molecule has 1 rings (SSSR count). The average molecular weight is 302 g/mol. The van der Waals surface area contributed by atoms with Crippen molar-refractivity contribution in [2.75, 3.05) is 51.8 Å². The van der Waals surface area contributed by atoms with Gasteiger partial charge in [-0.25, -0.2) is 4.79 Å². The number of thioether (sulfide) groups is 1. The summed E-state index contributed by atoms with van der Waals surface area (Å²) in [5, 5.41) is 6.01. The number of piperazine rings is 1. The molecule has 1 aliphatic heterocycles. The van der Waals surface area contributed by atoms with E-state index >= 15 is 0 Å². The second kappa shape index (κ2) is 9.47. The zero-order valence-corrected chi connectivity index (χ0v) is 14.1. The summed E-state index contributed by atoms with van der Waals surface area (Å²) in [6.07, 6.45) is 1.03. The minimum Gasteiger partial charge on any atom is -0.337 e. The number of amides is 2. The fourth-order valence-electron chi connectivity index (χ4n) is 2.28. The van der Waals surface area contributed by atoms with Gasteiger partial charge in [0, 0.05) is 38.3 Å². The maximum absolute atomic E-state index is 11.9. The first-order valence-electron chi connectivity index (χ1n) is 7.53. The molecule has 1 heterocycles. The molecule has 0 aromatic carbocycles. The lowest BCUT2D eigenvalue weighted by Crippen LogP contribution is -2.55. The van der Waals surface area contributed by atoms with Crippen molar-refractivity contribution in [3.63, 3.8) is 0 Å². The van der Waals surface area contributed by atoms with Crippen LogP contribution < -0.4 is 10.6 Å². The van der Waals surface area contributed by atoms with E-state index in [1.54, 1.807) is 0 Å². The molecule has 1 saturated heterocycles. The SMILES string of the molecule is CCSCCC(C)NC(=O)NCC1CN(C)CCN1C. The van der Waals surface area contributed by atoms with Crippen LogP contribution in [0.15, 0.2) is 0 Å². The third-order valence-corrected chi connectivity index (χ3v) is 4.69. The quantitative estimate of drug-likeness (QED) is 0.691. The molecule has 1 aliphatic rings. The molecule has 0 aromatic rings. The summed E-state index contributed by atoms with van der Waals surface area (Å²) in [7, 11) is 4.26. The second-order valence-electron chi connectivity index (χ2n) is 5.64. The first kappa shape index (κ1) is 17.6. The molecule has 6 heteroatoms. The molecule has 5 nitrogen and oxygen atoms in total. The van der Waals surface area contributed by atoms with Crippen LogP contribution in [0.5, 0.6) is 0 Å². The summed E-state index contributed by atoms with van der Waals surface area (Å²) in [5.41, 5.74) is 0. The van der Waals surface area contributed by atoms with Crippen LogP contribution >= 0.6 is 11.8 Å². The average Bonchev–Trinajstić information content (AvgIpc) is 2.40.